The number of carboxylic acid groups (broad SMARTS) is 1. The highest BCUT2D eigenvalue weighted by Gasteiger charge is 2.52. The summed E-state index contributed by atoms with van der Waals surface area (Å²) >= 11 is 7.13. The Morgan fingerprint density at radius 2 is 2.32 bits per heavy atom. The summed E-state index contributed by atoms with van der Waals surface area (Å²) in [5.74, 6) is -1.31. The van der Waals surface area contributed by atoms with E-state index in [1.54, 1.807) is 11.8 Å². The zero-order valence-electron chi connectivity index (χ0n) is 12.8. The number of carboxylic acids is 1. The SMILES string of the molecule is CC(=O)N[C@@H](CCCCN1C(=S)SC2CCOC21C)C(=O)O. The number of fused-ring (bicyclic) bond motifs is 1. The van der Waals surface area contributed by atoms with Gasteiger partial charge in [-0.15, -0.1) is 0 Å². The molecule has 3 atom stereocenters. The van der Waals surface area contributed by atoms with E-state index in [0.717, 1.165) is 30.3 Å². The van der Waals surface area contributed by atoms with Crippen LogP contribution in [0.25, 0.3) is 0 Å². The minimum atomic E-state index is -0.992. The summed E-state index contributed by atoms with van der Waals surface area (Å²) in [7, 11) is 0. The smallest absolute Gasteiger partial charge is 0.326 e. The van der Waals surface area contributed by atoms with Gasteiger partial charge in [-0.1, -0.05) is 24.0 Å². The number of hydrogen-bond donors (Lipinski definition) is 2. The van der Waals surface area contributed by atoms with Crippen LogP contribution in [0.15, 0.2) is 0 Å². The molecule has 0 aromatic carbocycles. The lowest BCUT2D eigenvalue weighted by molar-refractivity contribution is -0.141. The van der Waals surface area contributed by atoms with Crippen molar-refractivity contribution in [3.05, 3.63) is 0 Å². The minimum absolute atomic E-state index is 0.314. The number of thiocarbonyl (C=S) groups is 1. The van der Waals surface area contributed by atoms with Gasteiger partial charge in [0.05, 0.1) is 11.9 Å². The maximum atomic E-state index is 11.1. The standard InChI is InChI=1S/C14H22N2O4S2/c1-9(17)15-10(12(18)19)5-3-4-7-16-13(21)22-11-6-8-20-14(11,16)2/h10-11H,3-8H2,1-2H3,(H,15,17)(H,18,19)/t10-,11?,14?/m0/s1. The second-order valence-corrected chi connectivity index (χ2v) is 7.64. The summed E-state index contributed by atoms with van der Waals surface area (Å²) in [6.45, 7) is 4.92. The Kier molecular flexibility index (Phi) is 5.68. The number of amides is 1. The Morgan fingerprint density at radius 3 is 2.95 bits per heavy atom. The number of aliphatic carboxylic acids is 1. The minimum Gasteiger partial charge on any atom is -0.480 e. The van der Waals surface area contributed by atoms with Crippen molar-refractivity contribution in [2.75, 3.05) is 13.2 Å². The number of carbonyl (C=O) groups is 2. The zero-order chi connectivity index (χ0) is 16.3. The summed E-state index contributed by atoms with van der Waals surface area (Å²) < 4.78 is 6.75. The molecule has 22 heavy (non-hydrogen) atoms. The lowest BCUT2D eigenvalue weighted by Gasteiger charge is -2.34. The first kappa shape index (κ1) is 17.5. The number of nitrogens with zero attached hydrogens (tertiary/aromatic N) is 1. The lowest BCUT2D eigenvalue weighted by atomic mass is 10.1. The zero-order valence-corrected chi connectivity index (χ0v) is 14.5. The molecule has 2 rings (SSSR count). The normalized spacial score (nSPS) is 28.5. The van der Waals surface area contributed by atoms with E-state index in [4.69, 9.17) is 22.1 Å². The fourth-order valence-corrected chi connectivity index (χ4v) is 4.85. The van der Waals surface area contributed by atoms with Gasteiger partial charge in [-0.25, -0.2) is 4.79 Å². The summed E-state index contributed by atoms with van der Waals surface area (Å²) in [4.78, 5) is 24.2. The monoisotopic (exact) mass is 346 g/mol. The van der Waals surface area contributed by atoms with Crippen LogP contribution in [0, 0.1) is 0 Å². The topological polar surface area (TPSA) is 78.9 Å². The third-order valence-corrected chi connectivity index (χ3v) is 6.06. The average Bonchev–Trinajstić information content (AvgIpc) is 2.87. The van der Waals surface area contributed by atoms with Crippen molar-refractivity contribution in [1.29, 1.82) is 0 Å². The molecule has 2 fully saturated rings. The maximum absolute atomic E-state index is 11.1. The third kappa shape index (κ3) is 3.72. The van der Waals surface area contributed by atoms with Crippen LogP contribution < -0.4 is 5.32 Å². The number of hydrogen-bond acceptors (Lipinski definition) is 5. The third-order valence-electron chi connectivity index (χ3n) is 4.17. The molecule has 2 unspecified atom stereocenters. The summed E-state index contributed by atoms with van der Waals surface area (Å²) in [5, 5.41) is 11.9. The van der Waals surface area contributed by atoms with Crippen LogP contribution in [0.1, 0.15) is 39.5 Å². The van der Waals surface area contributed by atoms with Crippen molar-refractivity contribution in [3.8, 4) is 0 Å². The van der Waals surface area contributed by atoms with Gasteiger partial charge in [0.15, 0.2) is 5.72 Å². The molecule has 2 aliphatic heterocycles. The van der Waals surface area contributed by atoms with E-state index in [2.05, 4.69) is 17.1 Å². The van der Waals surface area contributed by atoms with Crippen molar-refractivity contribution < 1.29 is 19.4 Å². The van der Waals surface area contributed by atoms with Gasteiger partial charge < -0.3 is 20.1 Å². The van der Waals surface area contributed by atoms with E-state index in [0.29, 0.717) is 18.1 Å². The fraction of sp³-hybridized carbons (Fsp3) is 0.786. The average molecular weight is 346 g/mol. The van der Waals surface area contributed by atoms with Crippen LogP contribution in [-0.2, 0) is 14.3 Å². The van der Waals surface area contributed by atoms with E-state index in [1.165, 1.54) is 6.92 Å². The lowest BCUT2D eigenvalue weighted by Crippen LogP contribution is -2.47. The largest absolute Gasteiger partial charge is 0.480 e. The molecule has 0 aliphatic carbocycles. The van der Waals surface area contributed by atoms with Gasteiger partial charge in [0.25, 0.3) is 0 Å². The van der Waals surface area contributed by atoms with E-state index in [9.17, 15) is 9.59 Å². The van der Waals surface area contributed by atoms with Crippen molar-refractivity contribution in [2.24, 2.45) is 0 Å². The number of carbonyl (C=O) groups excluding carboxylic acids is 1. The van der Waals surface area contributed by atoms with Crippen LogP contribution in [0.3, 0.4) is 0 Å². The second-order valence-electron chi connectivity index (χ2n) is 5.80. The van der Waals surface area contributed by atoms with Gasteiger partial charge in [0.2, 0.25) is 5.91 Å². The second kappa shape index (κ2) is 7.14. The highest BCUT2D eigenvalue weighted by atomic mass is 32.2. The summed E-state index contributed by atoms with van der Waals surface area (Å²) in [6, 6.07) is -0.816. The van der Waals surface area contributed by atoms with Crippen molar-refractivity contribution in [1.82, 2.24) is 10.2 Å². The first-order valence-electron chi connectivity index (χ1n) is 7.46. The predicted molar refractivity (Wildman–Crippen MR) is 88.7 cm³/mol. The van der Waals surface area contributed by atoms with E-state index >= 15 is 0 Å². The van der Waals surface area contributed by atoms with Gasteiger partial charge >= 0.3 is 5.97 Å². The van der Waals surface area contributed by atoms with Crippen LogP contribution >= 0.6 is 24.0 Å². The maximum Gasteiger partial charge on any atom is 0.326 e. The molecule has 0 saturated carbocycles. The van der Waals surface area contributed by atoms with Gasteiger partial charge in [0, 0.05) is 13.5 Å². The van der Waals surface area contributed by atoms with E-state index in [1.807, 2.05) is 0 Å². The van der Waals surface area contributed by atoms with Crippen LogP contribution in [-0.4, -0.2) is 56.4 Å². The molecule has 0 aromatic rings. The molecule has 0 spiro atoms. The first-order chi connectivity index (χ1) is 10.3. The van der Waals surface area contributed by atoms with Crippen LogP contribution in [0.4, 0.5) is 0 Å². The summed E-state index contributed by atoms with van der Waals surface area (Å²) in [5.41, 5.74) is -0.314. The molecular formula is C14H22N2O4S2. The van der Waals surface area contributed by atoms with E-state index < -0.39 is 12.0 Å². The molecule has 2 saturated heterocycles. The van der Waals surface area contributed by atoms with Gasteiger partial charge in [-0.3, -0.25) is 4.79 Å². The quantitative estimate of drug-likeness (QED) is 0.535. The Labute approximate surface area is 139 Å². The molecule has 8 heteroatoms. The highest BCUT2D eigenvalue weighted by molar-refractivity contribution is 8.23. The van der Waals surface area contributed by atoms with Gasteiger partial charge in [-0.2, -0.15) is 0 Å². The van der Waals surface area contributed by atoms with Gasteiger partial charge in [-0.05, 0) is 32.6 Å². The molecule has 0 aromatic heterocycles. The highest BCUT2D eigenvalue weighted by Crippen LogP contribution is 2.46. The van der Waals surface area contributed by atoms with Crippen molar-refractivity contribution >= 4 is 40.2 Å². The van der Waals surface area contributed by atoms with Crippen molar-refractivity contribution in [2.45, 2.75) is 56.5 Å². The Balaban J connectivity index is 1.79. The number of thioether (sulfide) groups is 1. The van der Waals surface area contributed by atoms with Crippen LogP contribution in [0.5, 0.6) is 0 Å². The number of rotatable bonds is 7. The van der Waals surface area contributed by atoms with Crippen LogP contribution in [0.2, 0.25) is 0 Å². The molecule has 124 valence electrons. The Hall–Kier alpha value is -0.860. The predicted octanol–water partition coefficient (Wildman–Crippen LogP) is 1.58. The van der Waals surface area contributed by atoms with E-state index in [-0.39, 0.29) is 11.6 Å². The fourth-order valence-electron chi connectivity index (χ4n) is 2.95. The molecular weight excluding hydrogens is 324 g/mol. The molecule has 2 heterocycles. The number of nitrogens with one attached hydrogen (secondary N) is 1. The first-order valence-corrected chi connectivity index (χ1v) is 8.75. The van der Waals surface area contributed by atoms with Gasteiger partial charge in [0.1, 0.15) is 10.4 Å². The molecule has 0 radical (unpaired) electrons. The Morgan fingerprint density at radius 1 is 1.59 bits per heavy atom. The summed E-state index contributed by atoms with van der Waals surface area (Å²) in [6.07, 6.45) is 2.96. The molecule has 1 amide bonds. The number of unbranched alkanes of at least 4 members (excludes halogenated alkanes) is 1. The molecule has 6 nitrogen and oxygen atoms in total. The Bertz CT molecular complexity index is 474. The number of ether oxygens (including phenoxy) is 1. The molecule has 0 bridgehead atoms. The van der Waals surface area contributed by atoms with Crippen molar-refractivity contribution in [3.63, 3.8) is 0 Å². The molecule has 2 aliphatic rings. The molecule has 2 N–H and O–H groups in total.